The number of carbonyl (C=O) groups is 1. The van der Waals surface area contributed by atoms with Crippen LogP contribution in [0.2, 0.25) is 0 Å². The summed E-state index contributed by atoms with van der Waals surface area (Å²) in [5.74, 6) is 0.308. The summed E-state index contributed by atoms with van der Waals surface area (Å²) in [5, 5.41) is 5.81. The molecule has 0 aliphatic carbocycles. The molecule has 1 aliphatic rings. The standard InChI is InChI=1S/C22H24N6O2/c1-2-24-20-14-23-13-19(26-20)16-11-18(22(30)25-12-16)27-21(29)15-5-7-17(8-6-15)28-9-3-4-10-28/h5-8,11-14H,2-4,9-10H2,1H3,(H,24,26)(H,25,30)(H,27,29). The number of aromatic nitrogens is 3. The number of nitrogens with one attached hydrogen (secondary N) is 3. The van der Waals surface area contributed by atoms with Crippen molar-refractivity contribution in [2.75, 3.05) is 35.2 Å². The van der Waals surface area contributed by atoms with Gasteiger partial charge in [0.25, 0.3) is 11.5 Å². The zero-order valence-corrected chi connectivity index (χ0v) is 16.8. The smallest absolute Gasteiger partial charge is 0.271 e. The lowest BCUT2D eigenvalue weighted by Gasteiger charge is -2.17. The lowest BCUT2D eigenvalue weighted by molar-refractivity contribution is 0.102. The number of nitrogens with zero attached hydrogens (tertiary/aromatic N) is 3. The molecule has 1 aromatic carbocycles. The van der Waals surface area contributed by atoms with Crippen LogP contribution in [0.3, 0.4) is 0 Å². The average molecular weight is 404 g/mol. The van der Waals surface area contributed by atoms with Gasteiger partial charge < -0.3 is 20.5 Å². The van der Waals surface area contributed by atoms with Crippen LogP contribution in [-0.4, -0.2) is 40.5 Å². The van der Waals surface area contributed by atoms with Gasteiger partial charge in [0.1, 0.15) is 11.5 Å². The van der Waals surface area contributed by atoms with Gasteiger partial charge in [0.05, 0.1) is 18.1 Å². The maximum absolute atomic E-state index is 12.7. The molecule has 30 heavy (non-hydrogen) atoms. The number of hydrogen-bond acceptors (Lipinski definition) is 6. The summed E-state index contributed by atoms with van der Waals surface area (Å²) in [5.41, 5.74) is 2.64. The zero-order valence-electron chi connectivity index (χ0n) is 16.8. The van der Waals surface area contributed by atoms with E-state index in [1.54, 1.807) is 36.8 Å². The van der Waals surface area contributed by atoms with Crippen molar-refractivity contribution in [3.05, 3.63) is 64.8 Å². The summed E-state index contributed by atoms with van der Waals surface area (Å²) in [6.07, 6.45) is 7.19. The van der Waals surface area contributed by atoms with E-state index in [4.69, 9.17) is 0 Å². The Morgan fingerprint density at radius 2 is 1.93 bits per heavy atom. The van der Waals surface area contributed by atoms with Crippen molar-refractivity contribution in [3.8, 4) is 11.3 Å². The third-order valence-corrected chi connectivity index (χ3v) is 5.04. The van der Waals surface area contributed by atoms with Crippen LogP contribution < -0.4 is 21.1 Å². The maximum Gasteiger partial charge on any atom is 0.271 e. The SMILES string of the molecule is CCNc1cncc(-c2c[nH]c(=O)c(NC(=O)c3ccc(N4CCCC4)cc3)c2)n1. The number of rotatable bonds is 6. The molecule has 0 radical (unpaired) electrons. The summed E-state index contributed by atoms with van der Waals surface area (Å²) in [6, 6.07) is 9.07. The number of hydrogen-bond donors (Lipinski definition) is 3. The molecule has 0 atom stereocenters. The molecule has 0 bridgehead atoms. The summed E-state index contributed by atoms with van der Waals surface area (Å²) >= 11 is 0. The lowest BCUT2D eigenvalue weighted by Crippen LogP contribution is -2.20. The number of pyridine rings is 1. The van der Waals surface area contributed by atoms with Gasteiger partial charge in [0, 0.05) is 42.6 Å². The molecule has 1 saturated heterocycles. The Morgan fingerprint density at radius 1 is 1.17 bits per heavy atom. The first-order chi connectivity index (χ1) is 14.6. The van der Waals surface area contributed by atoms with Crippen LogP contribution in [0.4, 0.5) is 17.2 Å². The Morgan fingerprint density at radius 3 is 2.67 bits per heavy atom. The van der Waals surface area contributed by atoms with Gasteiger partial charge in [-0.1, -0.05) is 0 Å². The lowest BCUT2D eigenvalue weighted by atomic mass is 10.1. The summed E-state index contributed by atoms with van der Waals surface area (Å²) in [4.78, 5) is 38.5. The van der Waals surface area contributed by atoms with E-state index in [1.165, 1.54) is 12.8 Å². The van der Waals surface area contributed by atoms with E-state index in [-0.39, 0.29) is 17.2 Å². The van der Waals surface area contributed by atoms with Gasteiger partial charge in [-0.15, -0.1) is 0 Å². The molecule has 3 heterocycles. The van der Waals surface area contributed by atoms with Crippen molar-refractivity contribution >= 4 is 23.1 Å². The van der Waals surface area contributed by atoms with Gasteiger partial charge in [0.15, 0.2) is 0 Å². The van der Waals surface area contributed by atoms with E-state index in [0.717, 1.165) is 25.3 Å². The summed E-state index contributed by atoms with van der Waals surface area (Å²) < 4.78 is 0. The first kappa shape index (κ1) is 19.6. The Bertz CT molecular complexity index is 1090. The fourth-order valence-corrected chi connectivity index (χ4v) is 3.49. The van der Waals surface area contributed by atoms with Crippen LogP contribution in [0.25, 0.3) is 11.3 Å². The van der Waals surface area contributed by atoms with E-state index < -0.39 is 0 Å². The monoisotopic (exact) mass is 404 g/mol. The van der Waals surface area contributed by atoms with Crippen molar-refractivity contribution < 1.29 is 4.79 Å². The number of H-pyrrole nitrogens is 1. The molecule has 0 unspecified atom stereocenters. The van der Waals surface area contributed by atoms with Crippen molar-refractivity contribution in [3.63, 3.8) is 0 Å². The first-order valence-corrected chi connectivity index (χ1v) is 10.1. The van der Waals surface area contributed by atoms with Crippen LogP contribution in [0.1, 0.15) is 30.1 Å². The van der Waals surface area contributed by atoms with Gasteiger partial charge in [-0.25, -0.2) is 4.98 Å². The molecule has 1 amide bonds. The van der Waals surface area contributed by atoms with Crippen LogP contribution in [0.5, 0.6) is 0 Å². The third-order valence-electron chi connectivity index (χ3n) is 5.04. The second kappa shape index (κ2) is 8.77. The van der Waals surface area contributed by atoms with Gasteiger partial charge in [-0.3, -0.25) is 14.6 Å². The first-order valence-electron chi connectivity index (χ1n) is 10.1. The summed E-state index contributed by atoms with van der Waals surface area (Å²) in [7, 11) is 0. The fourth-order valence-electron chi connectivity index (χ4n) is 3.49. The largest absolute Gasteiger partial charge is 0.372 e. The molecule has 8 heteroatoms. The Kier molecular flexibility index (Phi) is 5.74. The van der Waals surface area contributed by atoms with Crippen molar-refractivity contribution in [1.29, 1.82) is 0 Å². The molecule has 2 aromatic heterocycles. The average Bonchev–Trinajstić information content (AvgIpc) is 3.31. The topological polar surface area (TPSA) is 103 Å². The minimum atomic E-state index is -0.378. The van der Waals surface area contributed by atoms with Gasteiger partial charge in [-0.2, -0.15) is 0 Å². The molecular weight excluding hydrogens is 380 g/mol. The minimum absolute atomic E-state index is 0.164. The molecule has 1 aliphatic heterocycles. The van der Waals surface area contributed by atoms with Crippen molar-refractivity contribution in [2.45, 2.75) is 19.8 Å². The zero-order chi connectivity index (χ0) is 20.9. The van der Waals surface area contributed by atoms with Gasteiger partial charge in [-0.05, 0) is 50.1 Å². The molecule has 4 rings (SSSR count). The second-order valence-corrected chi connectivity index (χ2v) is 7.15. The van der Waals surface area contributed by atoms with E-state index in [2.05, 4.69) is 30.5 Å². The fraction of sp³-hybridized carbons (Fsp3) is 0.273. The molecule has 8 nitrogen and oxygen atoms in total. The van der Waals surface area contributed by atoms with E-state index in [9.17, 15) is 9.59 Å². The molecule has 1 fully saturated rings. The van der Waals surface area contributed by atoms with Crippen LogP contribution in [-0.2, 0) is 0 Å². The number of anilines is 3. The van der Waals surface area contributed by atoms with Gasteiger partial charge in [0.2, 0.25) is 0 Å². The number of carbonyl (C=O) groups excluding carboxylic acids is 1. The molecule has 3 aromatic rings. The highest BCUT2D eigenvalue weighted by Gasteiger charge is 2.14. The van der Waals surface area contributed by atoms with E-state index in [0.29, 0.717) is 22.6 Å². The molecule has 3 N–H and O–H groups in total. The maximum atomic E-state index is 12.7. The van der Waals surface area contributed by atoms with E-state index in [1.807, 2.05) is 19.1 Å². The highest BCUT2D eigenvalue weighted by atomic mass is 16.2. The Hall–Kier alpha value is -3.68. The van der Waals surface area contributed by atoms with Crippen molar-refractivity contribution in [2.24, 2.45) is 0 Å². The van der Waals surface area contributed by atoms with Crippen LogP contribution in [0.15, 0.2) is 53.7 Å². The second-order valence-electron chi connectivity index (χ2n) is 7.15. The van der Waals surface area contributed by atoms with Gasteiger partial charge >= 0.3 is 0 Å². The molecule has 0 saturated carbocycles. The quantitative estimate of drug-likeness (QED) is 0.583. The van der Waals surface area contributed by atoms with E-state index >= 15 is 0 Å². The number of amides is 1. The molecule has 154 valence electrons. The normalized spacial score (nSPS) is 13.3. The molecule has 0 spiro atoms. The Balaban J connectivity index is 1.52. The number of benzene rings is 1. The predicted molar refractivity (Wildman–Crippen MR) is 118 cm³/mol. The molecular formula is C22H24N6O2. The highest BCUT2D eigenvalue weighted by Crippen LogP contribution is 2.22. The van der Waals surface area contributed by atoms with Crippen molar-refractivity contribution in [1.82, 2.24) is 15.0 Å². The van der Waals surface area contributed by atoms with Crippen LogP contribution >= 0.6 is 0 Å². The third kappa shape index (κ3) is 4.32. The minimum Gasteiger partial charge on any atom is -0.372 e. The number of aromatic amines is 1. The Labute approximate surface area is 174 Å². The highest BCUT2D eigenvalue weighted by molar-refractivity contribution is 6.04. The summed E-state index contributed by atoms with van der Waals surface area (Å²) in [6.45, 7) is 4.79. The predicted octanol–water partition coefficient (Wildman–Crippen LogP) is 3.12. The van der Waals surface area contributed by atoms with Crippen LogP contribution in [0, 0.1) is 0 Å².